The van der Waals surface area contributed by atoms with Crippen molar-refractivity contribution in [2.24, 2.45) is 5.92 Å². The fourth-order valence-corrected chi connectivity index (χ4v) is 4.51. The van der Waals surface area contributed by atoms with Gasteiger partial charge in [0.25, 0.3) is 0 Å². The van der Waals surface area contributed by atoms with Gasteiger partial charge >= 0.3 is 5.97 Å². The lowest BCUT2D eigenvalue weighted by molar-refractivity contribution is -0.145. The predicted molar refractivity (Wildman–Crippen MR) is 123 cm³/mol. The SMILES string of the molecule is COC(=O)[C@H](CCSC)NC(=O)[C@H](CSCc1ccccc1)Cc1ccccc1. The fourth-order valence-electron chi connectivity index (χ4n) is 2.94. The van der Waals surface area contributed by atoms with Gasteiger partial charge in [-0.1, -0.05) is 60.7 Å². The summed E-state index contributed by atoms with van der Waals surface area (Å²) in [5.74, 6) is 1.63. The van der Waals surface area contributed by atoms with E-state index in [1.165, 1.54) is 12.7 Å². The number of methoxy groups -OCH3 is 1. The summed E-state index contributed by atoms with van der Waals surface area (Å²) in [7, 11) is 1.36. The molecule has 0 spiro atoms. The quantitative estimate of drug-likeness (QED) is 0.511. The molecule has 29 heavy (non-hydrogen) atoms. The molecular weight excluding hydrogens is 402 g/mol. The Kier molecular flexibility index (Phi) is 10.7. The molecule has 0 saturated heterocycles. The molecule has 1 N–H and O–H groups in total. The summed E-state index contributed by atoms with van der Waals surface area (Å²) in [5, 5.41) is 2.93. The zero-order valence-electron chi connectivity index (χ0n) is 17.0. The van der Waals surface area contributed by atoms with Crippen molar-refractivity contribution >= 4 is 35.4 Å². The van der Waals surface area contributed by atoms with Crippen molar-refractivity contribution in [2.75, 3.05) is 24.9 Å². The second-order valence-electron chi connectivity index (χ2n) is 6.75. The second kappa shape index (κ2) is 13.3. The van der Waals surface area contributed by atoms with E-state index >= 15 is 0 Å². The number of ether oxygens (including phenoxy) is 1. The zero-order valence-corrected chi connectivity index (χ0v) is 18.6. The fraction of sp³-hybridized carbons (Fsp3) is 0.391. The summed E-state index contributed by atoms with van der Waals surface area (Å²) in [6.45, 7) is 0. The lowest BCUT2D eigenvalue weighted by Gasteiger charge is -2.21. The lowest BCUT2D eigenvalue weighted by atomic mass is 9.99. The van der Waals surface area contributed by atoms with Gasteiger partial charge in [0, 0.05) is 11.5 Å². The molecule has 4 nitrogen and oxygen atoms in total. The van der Waals surface area contributed by atoms with Crippen LogP contribution in [-0.2, 0) is 26.5 Å². The average Bonchev–Trinajstić information content (AvgIpc) is 2.76. The maximum atomic E-state index is 13.0. The van der Waals surface area contributed by atoms with Crippen molar-refractivity contribution in [3.8, 4) is 0 Å². The van der Waals surface area contributed by atoms with Crippen molar-refractivity contribution in [2.45, 2.75) is 24.6 Å². The van der Waals surface area contributed by atoms with E-state index in [0.29, 0.717) is 18.6 Å². The molecule has 0 radical (unpaired) electrons. The van der Waals surface area contributed by atoms with Crippen LogP contribution in [0.2, 0.25) is 0 Å². The van der Waals surface area contributed by atoms with Gasteiger partial charge < -0.3 is 10.1 Å². The molecule has 2 atom stereocenters. The first kappa shape index (κ1) is 23.4. The predicted octanol–water partition coefficient (Wildman–Crippen LogP) is 4.19. The van der Waals surface area contributed by atoms with Gasteiger partial charge in [0.05, 0.1) is 13.0 Å². The number of carbonyl (C=O) groups is 2. The van der Waals surface area contributed by atoms with Crippen LogP contribution in [0.4, 0.5) is 0 Å². The summed E-state index contributed by atoms with van der Waals surface area (Å²) in [4.78, 5) is 25.1. The van der Waals surface area contributed by atoms with Crippen molar-refractivity contribution in [1.29, 1.82) is 0 Å². The Hall–Kier alpha value is -1.92. The number of benzene rings is 2. The van der Waals surface area contributed by atoms with Crippen LogP contribution >= 0.6 is 23.5 Å². The Labute approximate surface area is 182 Å². The van der Waals surface area contributed by atoms with Gasteiger partial charge in [-0.05, 0) is 36.0 Å². The molecule has 156 valence electrons. The number of hydrogen-bond acceptors (Lipinski definition) is 5. The van der Waals surface area contributed by atoms with Crippen molar-refractivity contribution < 1.29 is 14.3 Å². The Morgan fingerprint density at radius 2 is 1.62 bits per heavy atom. The molecule has 0 aliphatic carbocycles. The number of rotatable bonds is 12. The maximum Gasteiger partial charge on any atom is 0.328 e. The van der Waals surface area contributed by atoms with Gasteiger partial charge in [-0.3, -0.25) is 4.79 Å². The van der Waals surface area contributed by atoms with E-state index in [9.17, 15) is 9.59 Å². The third-order valence-corrected chi connectivity index (χ3v) is 6.36. The number of hydrogen-bond donors (Lipinski definition) is 1. The molecular formula is C23H29NO3S2. The first-order valence-electron chi connectivity index (χ1n) is 9.66. The van der Waals surface area contributed by atoms with E-state index in [1.807, 2.05) is 54.8 Å². The molecule has 0 aliphatic heterocycles. The van der Waals surface area contributed by atoms with Crippen molar-refractivity contribution in [3.05, 3.63) is 71.8 Å². The summed E-state index contributed by atoms with van der Waals surface area (Å²) < 4.78 is 4.88. The van der Waals surface area contributed by atoms with Crippen LogP contribution in [0.3, 0.4) is 0 Å². The summed E-state index contributed by atoms with van der Waals surface area (Å²) in [6.07, 6.45) is 3.19. The number of carbonyl (C=O) groups excluding carboxylic acids is 2. The smallest absolute Gasteiger partial charge is 0.328 e. The molecule has 0 aliphatic rings. The summed E-state index contributed by atoms with van der Waals surface area (Å²) >= 11 is 3.38. The van der Waals surface area contributed by atoms with Crippen LogP contribution in [-0.4, -0.2) is 42.8 Å². The number of esters is 1. The average molecular weight is 432 g/mol. The van der Waals surface area contributed by atoms with Crippen molar-refractivity contribution in [1.82, 2.24) is 5.32 Å². The second-order valence-corrected chi connectivity index (χ2v) is 8.77. The van der Waals surface area contributed by atoms with Crippen LogP contribution < -0.4 is 5.32 Å². The molecule has 0 bridgehead atoms. The maximum absolute atomic E-state index is 13.0. The lowest BCUT2D eigenvalue weighted by Crippen LogP contribution is -2.45. The van der Waals surface area contributed by atoms with E-state index in [-0.39, 0.29) is 17.8 Å². The van der Waals surface area contributed by atoms with Crippen LogP contribution in [0.15, 0.2) is 60.7 Å². The minimum absolute atomic E-state index is 0.0917. The normalized spacial score (nSPS) is 12.8. The zero-order chi connectivity index (χ0) is 20.9. The van der Waals surface area contributed by atoms with Gasteiger partial charge in [0.15, 0.2) is 0 Å². The molecule has 1 amide bonds. The molecule has 0 fully saturated rings. The Morgan fingerprint density at radius 3 is 2.21 bits per heavy atom. The van der Waals surface area contributed by atoms with Gasteiger partial charge in [-0.15, -0.1) is 0 Å². The van der Waals surface area contributed by atoms with Gasteiger partial charge in [0.2, 0.25) is 5.91 Å². The highest BCUT2D eigenvalue weighted by molar-refractivity contribution is 7.98. The van der Waals surface area contributed by atoms with E-state index < -0.39 is 6.04 Å². The first-order chi connectivity index (χ1) is 14.1. The first-order valence-corrected chi connectivity index (χ1v) is 12.2. The third kappa shape index (κ3) is 8.54. The van der Waals surface area contributed by atoms with E-state index in [0.717, 1.165) is 17.1 Å². The van der Waals surface area contributed by atoms with Crippen LogP contribution in [0.5, 0.6) is 0 Å². The van der Waals surface area contributed by atoms with Crippen LogP contribution in [0, 0.1) is 5.92 Å². The molecule has 2 aromatic rings. The van der Waals surface area contributed by atoms with Gasteiger partial charge in [0.1, 0.15) is 6.04 Å². The number of thioether (sulfide) groups is 2. The number of nitrogens with one attached hydrogen (secondary N) is 1. The molecule has 0 saturated carbocycles. The highest BCUT2D eigenvalue weighted by Crippen LogP contribution is 2.19. The highest BCUT2D eigenvalue weighted by Gasteiger charge is 2.26. The largest absolute Gasteiger partial charge is 0.467 e. The van der Waals surface area contributed by atoms with Gasteiger partial charge in [-0.2, -0.15) is 23.5 Å². The topological polar surface area (TPSA) is 55.4 Å². The third-order valence-electron chi connectivity index (χ3n) is 4.54. The molecule has 0 aromatic heterocycles. The van der Waals surface area contributed by atoms with E-state index in [4.69, 9.17) is 4.74 Å². The number of amides is 1. The molecule has 0 unspecified atom stereocenters. The minimum Gasteiger partial charge on any atom is -0.467 e. The monoisotopic (exact) mass is 431 g/mol. The molecule has 2 aromatic carbocycles. The Morgan fingerprint density at radius 1 is 1.00 bits per heavy atom. The highest BCUT2D eigenvalue weighted by atomic mass is 32.2. The minimum atomic E-state index is -0.600. The van der Waals surface area contributed by atoms with Crippen LogP contribution in [0.25, 0.3) is 0 Å². The Bertz CT molecular complexity index is 740. The van der Waals surface area contributed by atoms with E-state index in [1.54, 1.807) is 23.5 Å². The molecule has 2 rings (SSSR count). The molecule has 0 heterocycles. The van der Waals surface area contributed by atoms with Gasteiger partial charge in [-0.25, -0.2) is 4.79 Å². The molecule has 6 heteroatoms. The Balaban J connectivity index is 2.03. The van der Waals surface area contributed by atoms with E-state index in [2.05, 4.69) is 17.4 Å². The summed E-state index contributed by atoms with van der Waals surface area (Å²) in [6, 6.07) is 19.6. The van der Waals surface area contributed by atoms with Crippen molar-refractivity contribution in [3.63, 3.8) is 0 Å². The summed E-state index contributed by atoms with van der Waals surface area (Å²) in [5.41, 5.74) is 2.36. The van der Waals surface area contributed by atoms with Crippen LogP contribution in [0.1, 0.15) is 17.5 Å². The standard InChI is InChI=1S/C23H29NO3S2/c1-27-23(26)21(13-14-28-2)24-22(25)20(15-18-9-5-3-6-10-18)17-29-16-19-11-7-4-8-12-19/h3-12,20-21H,13-17H2,1-2H3,(H,24,25)/t20-,21-/m0/s1.